The topological polar surface area (TPSA) is 50.7 Å². The highest BCUT2D eigenvalue weighted by molar-refractivity contribution is 5.32. The van der Waals surface area contributed by atoms with Crippen LogP contribution in [0.25, 0.3) is 0 Å². The van der Waals surface area contributed by atoms with Gasteiger partial charge in [0.15, 0.2) is 0 Å². The molecule has 0 heterocycles. The molecule has 1 aromatic rings. The van der Waals surface area contributed by atoms with Gasteiger partial charge in [0.25, 0.3) is 0 Å². The normalized spacial score (nSPS) is 18.4. The molecule has 1 aromatic carbocycles. The largest absolute Gasteiger partial charge is 0.497 e. The number of ether oxygens (including phenoxy) is 2. The fraction of sp³-hybridized carbons (Fsp3) is 0.647. The zero-order valence-corrected chi connectivity index (χ0v) is 13.0. The van der Waals surface area contributed by atoms with E-state index in [4.69, 9.17) is 9.47 Å². The third-order valence-electron chi connectivity index (χ3n) is 4.27. The van der Waals surface area contributed by atoms with E-state index in [2.05, 4.69) is 12.2 Å². The number of hydrogen-bond acceptors (Lipinski definition) is 4. The number of nitrogens with one attached hydrogen (secondary N) is 1. The second kappa shape index (κ2) is 8.25. The minimum atomic E-state index is -0.500. The first-order valence-corrected chi connectivity index (χ1v) is 7.87. The van der Waals surface area contributed by atoms with Gasteiger partial charge in [-0.3, -0.25) is 0 Å². The summed E-state index contributed by atoms with van der Waals surface area (Å²) in [5.74, 6) is 2.24. The van der Waals surface area contributed by atoms with Crippen molar-refractivity contribution in [2.45, 2.75) is 44.8 Å². The van der Waals surface area contributed by atoms with E-state index in [0.29, 0.717) is 12.6 Å². The smallest absolute Gasteiger partial charge is 0.123 e. The molecular formula is C17H27NO3. The van der Waals surface area contributed by atoms with Gasteiger partial charge in [-0.2, -0.15) is 0 Å². The van der Waals surface area contributed by atoms with Crippen LogP contribution in [0.2, 0.25) is 0 Å². The Morgan fingerprint density at radius 1 is 1.29 bits per heavy atom. The van der Waals surface area contributed by atoms with Crippen LogP contribution in [0.4, 0.5) is 0 Å². The molecule has 1 aliphatic rings. The van der Waals surface area contributed by atoms with Gasteiger partial charge < -0.3 is 19.9 Å². The monoisotopic (exact) mass is 293 g/mol. The van der Waals surface area contributed by atoms with Crippen LogP contribution in [-0.2, 0) is 0 Å². The highest BCUT2D eigenvalue weighted by atomic mass is 16.5. The van der Waals surface area contributed by atoms with E-state index >= 15 is 0 Å². The second-order valence-electron chi connectivity index (χ2n) is 5.89. The highest BCUT2D eigenvalue weighted by Gasteiger charge is 2.21. The lowest BCUT2D eigenvalue weighted by atomic mass is 10.00. The van der Waals surface area contributed by atoms with Crippen molar-refractivity contribution in [2.75, 3.05) is 20.3 Å². The van der Waals surface area contributed by atoms with Crippen LogP contribution < -0.4 is 14.8 Å². The molecule has 0 radical (unpaired) electrons. The number of rotatable bonds is 8. The first-order chi connectivity index (χ1) is 10.2. The summed E-state index contributed by atoms with van der Waals surface area (Å²) < 4.78 is 10.7. The molecule has 2 rings (SSSR count). The maximum absolute atomic E-state index is 10.0. The van der Waals surface area contributed by atoms with Gasteiger partial charge in [0, 0.05) is 18.7 Å². The lowest BCUT2D eigenvalue weighted by molar-refractivity contribution is 0.101. The Bertz CT molecular complexity index is 418. The van der Waals surface area contributed by atoms with Crippen LogP contribution in [0.5, 0.6) is 11.5 Å². The van der Waals surface area contributed by atoms with Crippen LogP contribution in [-0.4, -0.2) is 37.5 Å². The quantitative estimate of drug-likeness (QED) is 0.773. The number of hydrogen-bond donors (Lipinski definition) is 2. The average molecular weight is 293 g/mol. The Balaban J connectivity index is 1.67. The van der Waals surface area contributed by atoms with Crippen LogP contribution in [0, 0.1) is 5.92 Å². The van der Waals surface area contributed by atoms with E-state index in [-0.39, 0.29) is 6.61 Å². The van der Waals surface area contributed by atoms with Crippen molar-refractivity contribution in [2.24, 2.45) is 5.92 Å². The molecule has 2 atom stereocenters. The molecule has 0 saturated heterocycles. The van der Waals surface area contributed by atoms with Gasteiger partial charge in [-0.05, 0) is 37.8 Å². The van der Waals surface area contributed by atoms with Gasteiger partial charge in [0.2, 0.25) is 0 Å². The molecule has 0 amide bonds. The van der Waals surface area contributed by atoms with Crippen LogP contribution in [0.15, 0.2) is 24.3 Å². The summed E-state index contributed by atoms with van der Waals surface area (Å²) in [6.07, 6.45) is 4.81. The minimum absolute atomic E-state index is 0.289. The van der Waals surface area contributed by atoms with Crippen LogP contribution in [0.1, 0.15) is 32.6 Å². The molecule has 0 aromatic heterocycles. The second-order valence-corrected chi connectivity index (χ2v) is 5.89. The van der Waals surface area contributed by atoms with Crippen LogP contribution in [0.3, 0.4) is 0 Å². The fourth-order valence-corrected chi connectivity index (χ4v) is 2.89. The standard InChI is InChI=1S/C17H27NO3/c1-13(14-6-3-4-7-14)18-11-15(19)12-21-17-9-5-8-16(10-17)20-2/h5,8-10,13-15,18-19H,3-4,6-7,11-12H2,1-2H3. The number of aliphatic hydroxyl groups is 1. The van der Waals surface area contributed by atoms with Crippen molar-refractivity contribution in [3.8, 4) is 11.5 Å². The van der Waals surface area contributed by atoms with E-state index in [0.717, 1.165) is 17.4 Å². The van der Waals surface area contributed by atoms with E-state index in [1.165, 1.54) is 25.7 Å². The number of benzene rings is 1. The summed E-state index contributed by atoms with van der Waals surface area (Å²) in [5.41, 5.74) is 0. The third kappa shape index (κ3) is 5.21. The summed E-state index contributed by atoms with van der Waals surface area (Å²) >= 11 is 0. The summed E-state index contributed by atoms with van der Waals surface area (Å²) in [5, 5.41) is 13.4. The summed E-state index contributed by atoms with van der Waals surface area (Å²) in [6, 6.07) is 7.90. The molecule has 0 bridgehead atoms. The number of aliphatic hydroxyl groups excluding tert-OH is 1. The van der Waals surface area contributed by atoms with E-state index in [9.17, 15) is 5.11 Å². The Kier molecular flexibility index (Phi) is 6.33. The van der Waals surface area contributed by atoms with Crippen molar-refractivity contribution in [3.63, 3.8) is 0 Å². The predicted molar refractivity (Wildman–Crippen MR) is 83.9 cm³/mol. The summed E-state index contributed by atoms with van der Waals surface area (Å²) in [4.78, 5) is 0. The molecular weight excluding hydrogens is 266 g/mol. The molecule has 0 aliphatic heterocycles. The Hall–Kier alpha value is -1.26. The van der Waals surface area contributed by atoms with Crippen molar-refractivity contribution >= 4 is 0 Å². The highest BCUT2D eigenvalue weighted by Crippen LogP contribution is 2.27. The first-order valence-electron chi connectivity index (χ1n) is 7.87. The molecule has 2 unspecified atom stereocenters. The molecule has 4 nitrogen and oxygen atoms in total. The van der Waals surface area contributed by atoms with E-state index in [1.54, 1.807) is 7.11 Å². The third-order valence-corrected chi connectivity index (χ3v) is 4.27. The minimum Gasteiger partial charge on any atom is -0.497 e. The average Bonchev–Trinajstić information content (AvgIpc) is 3.05. The van der Waals surface area contributed by atoms with Crippen molar-refractivity contribution in [3.05, 3.63) is 24.3 Å². The SMILES string of the molecule is COc1cccc(OCC(O)CNC(C)C2CCCC2)c1. The summed E-state index contributed by atoms with van der Waals surface area (Å²) in [6.45, 7) is 3.07. The molecule has 118 valence electrons. The Morgan fingerprint density at radius 2 is 2.00 bits per heavy atom. The molecule has 0 spiro atoms. The molecule has 1 saturated carbocycles. The van der Waals surface area contributed by atoms with Gasteiger partial charge in [-0.15, -0.1) is 0 Å². The van der Waals surface area contributed by atoms with Crippen LogP contribution >= 0.6 is 0 Å². The fourth-order valence-electron chi connectivity index (χ4n) is 2.89. The molecule has 2 N–H and O–H groups in total. The van der Waals surface area contributed by atoms with E-state index in [1.807, 2.05) is 24.3 Å². The maximum Gasteiger partial charge on any atom is 0.123 e. The van der Waals surface area contributed by atoms with Crippen molar-refractivity contribution in [1.29, 1.82) is 0 Å². The van der Waals surface area contributed by atoms with Gasteiger partial charge >= 0.3 is 0 Å². The van der Waals surface area contributed by atoms with Gasteiger partial charge in [0.1, 0.15) is 24.2 Å². The Labute approximate surface area is 127 Å². The molecule has 1 aliphatic carbocycles. The predicted octanol–water partition coefficient (Wildman–Crippen LogP) is 2.60. The Morgan fingerprint density at radius 3 is 2.71 bits per heavy atom. The zero-order chi connectivity index (χ0) is 15.1. The van der Waals surface area contributed by atoms with Gasteiger partial charge in [0.05, 0.1) is 7.11 Å². The summed E-state index contributed by atoms with van der Waals surface area (Å²) in [7, 11) is 1.63. The molecule has 4 heteroatoms. The molecule has 21 heavy (non-hydrogen) atoms. The van der Waals surface area contributed by atoms with Crippen molar-refractivity contribution in [1.82, 2.24) is 5.32 Å². The van der Waals surface area contributed by atoms with E-state index < -0.39 is 6.10 Å². The number of methoxy groups -OCH3 is 1. The zero-order valence-electron chi connectivity index (χ0n) is 13.0. The van der Waals surface area contributed by atoms with Gasteiger partial charge in [-0.25, -0.2) is 0 Å². The lowest BCUT2D eigenvalue weighted by Gasteiger charge is -2.22. The first kappa shape index (κ1) is 16.1. The van der Waals surface area contributed by atoms with Crippen molar-refractivity contribution < 1.29 is 14.6 Å². The van der Waals surface area contributed by atoms with Gasteiger partial charge in [-0.1, -0.05) is 18.9 Å². The maximum atomic E-state index is 10.0. The lowest BCUT2D eigenvalue weighted by Crippen LogP contribution is -2.39. The molecule has 1 fully saturated rings.